The standard InChI is InChI=1S/C29H29F3N4O3/c1-5-38-26(37)27(3,4)22-8-6-7-19(16-22)17-36-18(2)15-23(34-36)25-33-24(35-39-25)20-9-11-21(12-10-20)28(13-14-28)29(30,31)32/h6-12,15-16H,5,13-14,17H2,1-4H3. The van der Waals surface area contributed by atoms with Crippen LogP contribution in [0.3, 0.4) is 0 Å². The minimum Gasteiger partial charge on any atom is -0.465 e. The van der Waals surface area contributed by atoms with Crippen LogP contribution in [-0.4, -0.2) is 38.7 Å². The third-order valence-electron chi connectivity index (χ3n) is 7.38. The zero-order chi connectivity index (χ0) is 28.0. The second-order valence-electron chi connectivity index (χ2n) is 10.5. The van der Waals surface area contributed by atoms with Crippen molar-refractivity contribution in [3.63, 3.8) is 0 Å². The Labute approximate surface area is 224 Å². The maximum absolute atomic E-state index is 13.4. The highest BCUT2D eigenvalue weighted by atomic mass is 19.4. The molecular formula is C29H29F3N4O3. The van der Waals surface area contributed by atoms with Crippen LogP contribution in [0.2, 0.25) is 0 Å². The van der Waals surface area contributed by atoms with Gasteiger partial charge in [-0.2, -0.15) is 23.3 Å². The predicted molar refractivity (Wildman–Crippen MR) is 138 cm³/mol. The molecule has 0 N–H and O–H groups in total. The van der Waals surface area contributed by atoms with E-state index in [2.05, 4.69) is 15.2 Å². The summed E-state index contributed by atoms with van der Waals surface area (Å²) in [6.07, 6.45) is -4.04. The first-order chi connectivity index (χ1) is 18.4. The molecule has 2 aromatic heterocycles. The number of aromatic nitrogens is 4. The highest BCUT2D eigenvalue weighted by Gasteiger charge is 2.64. The first-order valence-electron chi connectivity index (χ1n) is 12.8. The molecule has 5 rings (SSSR count). The Balaban J connectivity index is 1.33. The van der Waals surface area contributed by atoms with E-state index in [9.17, 15) is 18.0 Å². The number of ether oxygens (including phenoxy) is 1. The van der Waals surface area contributed by atoms with Crippen LogP contribution >= 0.6 is 0 Å². The molecule has 2 heterocycles. The molecule has 7 nitrogen and oxygen atoms in total. The zero-order valence-corrected chi connectivity index (χ0v) is 22.2. The van der Waals surface area contributed by atoms with Crippen LogP contribution in [0.25, 0.3) is 23.0 Å². The molecular weight excluding hydrogens is 509 g/mol. The average molecular weight is 539 g/mol. The third kappa shape index (κ3) is 4.95. The number of halogens is 3. The SMILES string of the molecule is CCOC(=O)C(C)(C)c1cccc(Cn2nc(-c3nc(-c4ccc(C5(C(F)(F)F)CC5)cc4)no3)cc2C)c1. The smallest absolute Gasteiger partial charge is 0.398 e. The number of carbonyl (C=O) groups excluding carboxylic acids is 1. The molecule has 0 amide bonds. The summed E-state index contributed by atoms with van der Waals surface area (Å²) < 4.78 is 52.8. The number of alkyl halides is 3. The Kier molecular flexibility index (Phi) is 6.60. The Morgan fingerprint density at radius 2 is 1.82 bits per heavy atom. The van der Waals surface area contributed by atoms with E-state index in [0.717, 1.165) is 16.8 Å². The van der Waals surface area contributed by atoms with Gasteiger partial charge in [-0.1, -0.05) is 53.7 Å². The number of hydrogen-bond donors (Lipinski definition) is 0. The summed E-state index contributed by atoms with van der Waals surface area (Å²) in [6, 6.07) is 15.7. The summed E-state index contributed by atoms with van der Waals surface area (Å²) in [7, 11) is 0. The van der Waals surface area contributed by atoms with Gasteiger partial charge >= 0.3 is 12.1 Å². The molecule has 0 aliphatic heterocycles. The van der Waals surface area contributed by atoms with Crippen molar-refractivity contribution in [3.8, 4) is 23.0 Å². The molecule has 204 valence electrons. The Hall–Kier alpha value is -3.95. The Morgan fingerprint density at radius 3 is 2.46 bits per heavy atom. The summed E-state index contributed by atoms with van der Waals surface area (Å²) in [5.74, 6) is 0.200. The van der Waals surface area contributed by atoms with Crippen LogP contribution in [0.4, 0.5) is 13.2 Å². The second kappa shape index (κ2) is 9.66. The molecule has 10 heteroatoms. The van der Waals surface area contributed by atoms with Gasteiger partial charge in [-0.15, -0.1) is 0 Å². The topological polar surface area (TPSA) is 83.0 Å². The Bertz CT molecular complexity index is 1500. The third-order valence-corrected chi connectivity index (χ3v) is 7.38. The highest BCUT2D eigenvalue weighted by molar-refractivity contribution is 5.82. The summed E-state index contributed by atoms with van der Waals surface area (Å²) in [6.45, 7) is 8.14. The maximum Gasteiger partial charge on any atom is 0.398 e. The number of nitrogens with zero attached hydrogens (tertiary/aromatic N) is 4. The van der Waals surface area contributed by atoms with Crippen molar-refractivity contribution in [2.45, 2.75) is 64.1 Å². The van der Waals surface area contributed by atoms with Gasteiger partial charge < -0.3 is 9.26 Å². The number of benzene rings is 2. The molecule has 39 heavy (non-hydrogen) atoms. The van der Waals surface area contributed by atoms with E-state index < -0.39 is 17.0 Å². The molecule has 0 radical (unpaired) electrons. The Morgan fingerprint density at radius 1 is 1.10 bits per heavy atom. The monoisotopic (exact) mass is 538 g/mol. The summed E-state index contributed by atoms with van der Waals surface area (Å²) >= 11 is 0. The van der Waals surface area contributed by atoms with E-state index in [4.69, 9.17) is 9.26 Å². The van der Waals surface area contributed by atoms with E-state index in [0.29, 0.717) is 24.4 Å². The van der Waals surface area contributed by atoms with E-state index in [1.807, 2.05) is 51.1 Å². The lowest BCUT2D eigenvalue weighted by molar-refractivity contribution is -0.160. The fourth-order valence-electron chi connectivity index (χ4n) is 4.68. The average Bonchev–Trinajstić information content (AvgIpc) is 3.46. The fraction of sp³-hybridized carbons (Fsp3) is 0.379. The van der Waals surface area contributed by atoms with Crippen LogP contribution in [0.1, 0.15) is 56.0 Å². The molecule has 1 aliphatic carbocycles. The van der Waals surface area contributed by atoms with Crippen molar-refractivity contribution in [3.05, 3.63) is 77.0 Å². The summed E-state index contributed by atoms with van der Waals surface area (Å²) in [5, 5.41) is 8.63. The van der Waals surface area contributed by atoms with Crippen molar-refractivity contribution < 1.29 is 27.2 Å². The fourth-order valence-corrected chi connectivity index (χ4v) is 4.68. The zero-order valence-electron chi connectivity index (χ0n) is 22.2. The molecule has 1 fully saturated rings. The van der Waals surface area contributed by atoms with Crippen LogP contribution < -0.4 is 0 Å². The molecule has 0 unspecified atom stereocenters. The lowest BCUT2D eigenvalue weighted by Gasteiger charge is -2.23. The van der Waals surface area contributed by atoms with Gasteiger partial charge in [0, 0.05) is 11.3 Å². The van der Waals surface area contributed by atoms with Crippen LogP contribution in [0.5, 0.6) is 0 Å². The van der Waals surface area contributed by atoms with Gasteiger partial charge in [-0.3, -0.25) is 9.48 Å². The lowest BCUT2D eigenvalue weighted by atomic mass is 9.84. The van der Waals surface area contributed by atoms with Crippen molar-refractivity contribution in [1.82, 2.24) is 19.9 Å². The quantitative estimate of drug-likeness (QED) is 0.242. The number of rotatable bonds is 8. The number of carbonyl (C=O) groups is 1. The molecule has 0 spiro atoms. The number of aryl methyl sites for hydroxylation is 1. The number of hydrogen-bond acceptors (Lipinski definition) is 6. The van der Waals surface area contributed by atoms with Gasteiger partial charge in [-0.25, -0.2) is 0 Å². The molecule has 0 bridgehead atoms. The van der Waals surface area contributed by atoms with Crippen LogP contribution in [0.15, 0.2) is 59.1 Å². The first-order valence-corrected chi connectivity index (χ1v) is 12.8. The normalized spacial score (nSPS) is 14.8. The van der Waals surface area contributed by atoms with Crippen LogP contribution in [0, 0.1) is 6.92 Å². The molecule has 2 aromatic carbocycles. The summed E-state index contributed by atoms with van der Waals surface area (Å²) in [5.41, 5.74) is 1.45. The van der Waals surface area contributed by atoms with Gasteiger partial charge in [0.1, 0.15) is 0 Å². The van der Waals surface area contributed by atoms with E-state index >= 15 is 0 Å². The molecule has 1 aliphatic rings. The van der Waals surface area contributed by atoms with Gasteiger partial charge in [0.15, 0.2) is 5.69 Å². The van der Waals surface area contributed by atoms with Gasteiger partial charge in [-0.05, 0) is 63.3 Å². The number of esters is 1. The van der Waals surface area contributed by atoms with Crippen molar-refractivity contribution >= 4 is 5.97 Å². The van der Waals surface area contributed by atoms with Crippen LogP contribution in [-0.2, 0) is 26.9 Å². The van der Waals surface area contributed by atoms with E-state index in [-0.39, 0.29) is 36.1 Å². The minimum atomic E-state index is -4.26. The maximum atomic E-state index is 13.4. The predicted octanol–water partition coefficient (Wildman–Crippen LogP) is 6.39. The van der Waals surface area contributed by atoms with E-state index in [1.165, 1.54) is 12.1 Å². The van der Waals surface area contributed by atoms with Crippen molar-refractivity contribution in [2.75, 3.05) is 6.61 Å². The highest BCUT2D eigenvalue weighted by Crippen LogP contribution is 2.58. The largest absolute Gasteiger partial charge is 0.465 e. The lowest BCUT2D eigenvalue weighted by Crippen LogP contribution is -2.31. The molecule has 0 atom stereocenters. The first kappa shape index (κ1) is 26.6. The van der Waals surface area contributed by atoms with Gasteiger partial charge in [0.2, 0.25) is 5.82 Å². The van der Waals surface area contributed by atoms with Crippen molar-refractivity contribution in [2.24, 2.45) is 0 Å². The van der Waals surface area contributed by atoms with Crippen molar-refractivity contribution in [1.29, 1.82) is 0 Å². The minimum absolute atomic E-state index is 0.109. The van der Waals surface area contributed by atoms with Gasteiger partial charge in [0.05, 0.1) is 24.0 Å². The second-order valence-corrected chi connectivity index (χ2v) is 10.5. The van der Waals surface area contributed by atoms with Gasteiger partial charge in [0.25, 0.3) is 5.89 Å². The molecule has 1 saturated carbocycles. The molecule has 0 saturated heterocycles. The summed E-state index contributed by atoms with van der Waals surface area (Å²) in [4.78, 5) is 16.9. The molecule has 4 aromatic rings. The van der Waals surface area contributed by atoms with E-state index in [1.54, 1.807) is 23.7 Å².